The number of piperazine rings is 1. The minimum atomic E-state index is -0.470. The van der Waals surface area contributed by atoms with Crippen LogP contribution >= 0.6 is 0 Å². The largest absolute Gasteiger partial charge is 0.395 e. The summed E-state index contributed by atoms with van der Waals surface area (Å²) in [5.41, 5.74) is 1.93. The molecule has 16 heavy (non-hydrogen) atoms. The number of hydrogen-bond donors (Lipinski definition) is 3. The van der Waals surface area contributed by atoms with Crippen LogP contribution in [0.5, 0.6) is 0 Å². The van der Waals surface area contributed by atoms with Crippen LogP contribution in [0.2, 0.25) is 0 Å². The van der Waals surface area contributed by atoms with Gasteiger partial charge in [0.05, 0.1) is 6.61 Å². The molecular formula is C9H18N4O3. The van der Waals surface area contributed by atoms with Crippen LogP contribution < -0.4 is 11.3 Å². The van der Waals surface area contributed by atoms with Gasteiger partial charge in [-0.05, 0) is 0 Å². The van der Waals surface area contributed by atoms with E-state index in [9.17, 15) is 9.59 Å². The highest BCUT2D eigenvalue weighted by Crippen LogP contribution is 2.03. The predicted molar refractivity (Wildman–Crippen MR) is 57.1 cm³/mol. The van der Waals surface area contributed by atoms with Crippen LogP contribution in [-0.4, -0.2) is 66.1 Å². The fourth-order valence-corrected chi connectivity index (χ4v) is 1.66. The molecular weight excluding hydrogens is 212 g/mol. The summed E-state index contributed by atoms with van der Waals surface area (Å²) in [5, 5.41) is 8.76. The van der Waals surface area contributed by atoms with Crippen LogP contribution in [0.4, 0.5) is 0 Å². The fraction of sp³-hybridized carbons (Fsp3) is 0.778. The highest BCUT2D eigenvalue weighted by Gasteiger charge is 2.21. The molecule has 4 N–H and O–H groups in total. The summed E-state index contributed by atoms with van der Waals surface area (Å²) in [6, 6.07) is 0. The van der Waals surface area contributed by atoms with E-state index in [1.165, 1.54) is 0 Å². The van der Waals surface area contributed by atoms with Gasteiger partial charge in [-0.3, -0.25) is 19.9 Å². The van der Waals surface area contributed by atoms with Gasteiger partial charge in [0.1, 0.15) is 6.42 Å². The number of hydrazine groups is 1. The average Bonchev–Trinajstić information content (AvgIpc) is 2.30. The Morgan fingerprint density at radius 1 is 1.25 bits per heavy atom. The summed E-state index contributed by atoms with van der Waals surface area (Å²) < 4.78 is 0. The first kappa shape index (κ1) is 12.9. The predicted octanol–water partition coefficient (Wildman–Crippen LogP) is -2.50. The Balaban J connectivity index is 2.30. The molecule has 0 bridgehead atoms. The van der Waals surface area contributed by atoms with E-state index < -0.39 is 5.91 Å². The number of aliphatic hydroxyl groups excluding tert-OH is 1. The summed E-state index contributed by atoms with van der Waals surface area (Å²) in [6.45, 7) is 3.41. The van der Waals surface area contributed by atoms with Gasteiger partial charge < -0.3 is 10.0 Å². The molecule has 7 nitrogen and oxygen atoms in total. The molecule has 1 saturated heterocycles. The van der Waals surface area contributed by atoms with E-state index >= 15 is 0 Å². The smallest absolute Gasteiger partial charge is 0.243 e. The van der Waals surface area contributed by atoms with Gasteiger partial charge in [-0.2, -0.15) is 0 Å². The van der Waals surface area contributed by atoms with Gasteiger partial charge in [-0.25, -0.2) is 5.84 Å². The molecule has 0 aromatic rings. The number of nitrogens with one attached hydrogen (secondary N) is 1. The number of β-amino-alcohol motifs (C(OH)–C–C–N with tert-alkyl or cyclic N) is 1. The maximum absolute atomic E-state index is 11.6. The van der Waals surface area contributed by atoms with Crippen molar-refractivity contribution in [2.75, 3.05) is 39.3 Å². The molecule has 0 aromatic heterocycles. The Morgan fingerprint density at radius 2 is 1.88 bits per heavy atom. The lowest BCUT2D eigenvalue weighted by molar-refractivity contribution is -0.137. The highest BCUT2D eigenvalue weighted by molar-refractivity contribution is 5.96. The van der Waals surface area contributed by atoms with Crippen molar-refractivity contribution in [1.29, 1.82) is 0 Å². The van der Waals surface area contributed by atoms with Gasteiger partial charge in [-0.1, -0.05) is 0 Å². The summed E-state index contributed by atoms with van der Waals surface area (Å²) in [6.07, 6.45) is -0.198. The van der Waals surface area contributed by atoms with Gasteiger partial charge in [0, 0.05) is 32.7 Å². The van der Waals surface area contributed by atoms with E-state index in [1.54, 1.807) is 4.90 Å². The second-order valence-electron chi connectivity index (χ2n) is 3.69. The molecule has 1 rings (SSSR count). The van der Waals surface area contributed by atoms with Gasteiger partial charge in [0.15, 0.2) is 0 Å². The van der Waals surface area contributed by atoms with Crippen molar-refractivity contribution < 1.29 is 14.7 Å². The van der Waals surface area contributed by atoms with Crippen molar-refractivity contribution in [3.05, 3.63) is 0 Å². The third kappa shape index (κ3) is 3.76. The van der Waals surface area contributed by atoms with E-state index in [1.807, 2.05) is 5.43 Å². The normalized spacial score (nSPS) is 17.2. The van der Waals surface area contributed by atoms with Crippen LogP contribution in [0.25, 0.3) is 0 Å². The van der Waals surface area contributed by atoms with Gasteiger partial charge >= 0.3 is 0 Å². The zero-order valence-corrected chi connectivity index (χ0v) is 9.19. The molecule has 1 aliphatic heterocycles. The first-order valence-corrected chi connectivity index (χ1v) is 5.28. The summed E-state index contributed by atoms with van der Waals surface area (Å²) in [7, 11) is 0. The maximum atomic E-state index is 11.6. The second-order valence-corrected chi connectivity index (χ2v) is 3.69. The van der Waals surface area contributed by atoms with Crippen LogP contribution in [0.3, 0.4) is 0 Å². The topological polar surface area (TPSA) is 98.9 Å². The van der Waals surface area contributed by atoms with Crippen LogP contribution in [-0.2, 0) is 9.59 Å². The lowest BCUT2D eigenvalue weighted by Crippen LogP contribution is -2.50. The molecule has 7 heteroatoms. The zero-order valence-electron chi connectivity index (χ0n) is 9.19. The van der Waals surface area contributed by atoms with Crippen molar-refractivity contribution in [1.82, 2.24) is 15.2 Å². The Morgan fingerprint density at radius 3 is 2.38 bits per heavy atom. The minimum absolute atomic E-state index is 0.128. The third-order valence-electron chi connectivity index (χ3n) is 2.61. The zero-order chi connectivity index (χ0) is 12.0. The molecule has 1 heterocycles. The van der Waals surface area contributed by atoms with Crippen LogP contribution in [0.1, 0.15) is 6.42 Å². The lowest BCUT2D eigenvalue weighted by atomic mass is 10.2. The molecule has 0 spiro atoms. The number of carbonyl (C=O) groups excluding carboxylic acids is 2. The third-order valence-corrected chi connectivity index (χ3v) is 2.61. The van der Waals surface area contributed by atoms with E-state index in [2.05, 4.69) is 4.90 Å². The first-order chi connectivity index (χ1) is 7.67. The van der Waals surface area contributed by atoms with Crippen molar-refractivity contribution in [3.8, 4) is 0 Å². The van der Waals surface area contributed by atoms with E-state index in [4.69, 9.17) is 10.9 Å². The van der Waals surface area contributed by atoms with E-state index in [0.717, 1.165) is 13.1 Å². The number of nitrogens with two attached hydrogens (primary N) is 1. The Labute approximate surface area is 94.1 Å². The Bertz CT molecular complexity index is 251. The van der Waals surface area contributed by atoms with Crippen molar-refractivity contribution in [2.24, 2.45) is 5.84 Å². The number of hydrogen-bond acceptors (Lipinski definition) is 5. The maximum Gasteiger partial charge on any atom is 0.243 e. The summed E-state index contributed by atoms with van der Waals surface area (Å²) in [4.78, 5) is 26.2. The second kappa shape index (κ2) is 6.41. The molecule has 2 amide bonds. The summed E-state index contributed by atoms with van der Waals surface area (Å²) >= 11 is 0. The molecule has 0 saturated carbocycles. The Kier molecular flexibility index (Phi) is 5.17. The average molecular weight is 230 g/mol. The molecule has 0 aromatic carbocycles. The molecule has 0 aliphatic carbocycles. The SMILES string of the molecule is NNC(=O)CC(=O)N1CCN(CCO)CC1. The molecule has 0 radical (unpaired) electrons. The number of nitrogens with zero attached hydrogens (tertiary/aromatic N) is 2. The van der Waals surface area contributed by atoms with Crippen molar-refractivity contribution in [3.63, 3.8) is 0 Å². The van der Waals surface area contributed by atoms with Crippen LogP contribution in [0, 0.1) is 0 Å². The number of carbonyl (C=O) groups is 2. The lowest BCUT2D eigenvalue weighted by Gasteiger charge is -2.34. The monoisotopic (exact) mass is 230 g/mol. The van der Waals surface area contributed by atoms with Gasteiger partial charge in [0.2, 0.25) is 11.8 Å². The number of amides is 2. The van der Waals surface area contributed by atoms with E-state index in [-0.39, 0.29) is 18.9 Å². The van der Waals surface area contributed by atoms with Gasteiger partial charge in [-0.15, -0.1) is 0 Å². The van der Waals surface area contributed by atoms with E-state index in [0.29, 0.717) is 19.6 Å². The highest BCUT2D eigenvalue weighted by atomic mass is 16.3. The summed E-state index contributed by atoms with van der Waals surface area (Å²) in [5.74, 6) is 4.23. The quantitative estimate of drug-likeness (QED) is 0.215. The van der Waals surface area contributed by atoms with Crippen LogP contribution in [0.15, 0.2) is 0 Å². The fourth-order valence-electron chi connectivity index (χ4n) is 1.66. The molecule has 0 atom stereocenters. The van der Waals surface area contributed by atoms with Crippen molar-refractivity contribution in [2.45, 2.75) is 6.42 Å². The minimum Gasteiger partial charge on any atom is -0.395 e. The Hall–Kier alpha value is -1.18. The molecule has 1 fully saturated rings. The number of aliphatic hydroxyl groups is 1. The van der Waals surface area contributed by atoms with Crippen molar-refractivity contribution >= 4 is 11.8 Å². The number of rotatable bonds is 4. The molecule has 1 aliphatic rings. The standard InChI is InChI=1S/C9H18N4O3/c10-11-8(15)7-9(16)13-3-1-12(2-4-13)5-6-14/h14H,1-7,10H2,(H,11,15). The van der Waals surface area contributed by atoms with Gasteiger partial charge in [0.25, 0.3) is 0 Å². The molecule has 92 valence electrons. The first-order valence-electron chi connectivity index (χ1n) is 5.28. The molecule has 0 unspecified atom stereocenters.